The number of hydrogen-bond donors (Lipinski definition) is 3. The van der Waals surface area contributed by atoms with Crippen LogP contribution in [-0.2, 0) is 4.84 Å². The zero-order valence-electron chi connectivity index (χ0n) is 8.95. The molecule has 0 rings (SSSR count). The zero-order valence-corrected chi connectivity index (χ0v) is 8.95. The average molecular weight is 201 g/mol. The van der Waals surface area contributed by atoms with Gasteiger partial charge in [0.15, 0.2) is 0 Å². The highest BCUT2D eigenvalue weighted by Crippen LogP contribution is 1.85. The molecule has 0 saturated carbocycles. The minimum absolute atomic E-state index is 0.100. The van der Waals surface area contributed by atoms with Crippen LogP contribution in [0.5, 0.6) is 0 Å². The third-order valence-electron chi connectivity index (χ3n) is 1.11. The molecule has 0 aromatic heterocycles. The Bertz CT molecular complexity index is 212. The van der Waals surface area contributed by atoms with Crippen LogP contribution in [0.4, 0.5) is 0 Å². The number of hydrogen-bond acceptors (Lipinski definition) is 2. The van der Waals surface area contributed by atoms with Gasteiger partial charge < -0.3 is 11.5 Å². The van der Waals surface area contributed by atoms with Crippen LogP contribution in [0, 0.1) is 0 Å². The highest BCUT2D eigenvalue weighted by atomic mass is 16.6. The van der Waals surface area contributed by atoms with Crippen molar-refractivity contribution < 1.29 is 4.84 Å². The molecule has 0 aliphatic rings. The maximum atomic E-state index is 5.47. The van der Waals surface area contributed by atoms with E-state index >= 15 is 0 Å². The van der Waals surface area contributed by atoms with Crippen molar-refractivity contribution in [2.45, 2.75) is 33.2 Å². The van der Waals surface area contributed by atoms with Crippen LogP contribution in [0.3, 0.4) is 0 Å². The first-order valence-electron chi connectivity index (χ1n) is 4.61. The predicted octanol–water partition coefficient (Wildman–Crippen LogP) is -0.0446. The first kappa shape index (κ1) is 12.7. The molecule has 0 saturated heterocycles. The summed E-state index contributed by atoms with van der Waals surface area (Å²) in [7, 11) is 0. The smallest absolute Gasteiger partial charge is 0.221 e. The van der Waals surface area contributed by atoms with E-state index < -0.39 is 0 Å². The van der Waals surface area contributed by atoms with Gasteiger partial charge in [0.2, 0.25) is 11.9 Å². The molecular weight excluding hydrogens is 182 g/mol. The van der Waals surface area contributed by atoms with Crippen molar-refractivity contribution in [2.24, 2.45) is 21.5 Å². The number of hydroxylamine groups is 1. The lowest BCUT2D eigenvalue weighted by Crippen LogP contribution is -2.34. The number of guanidine groups is 2. The van der Waals surface area contributed by atoms with Crippen LogP contribution in [0.25, 0.3) is 0 Å². The van der Waals surface area contributed by atoms with Gasteiger partial charge in [-0.15, -0.1) is 0 Å². The van der Waals surface area contributed by atoms with Crippen molar-refractivity contribution in [1.82, 2.24) is 5.48 Å². The van der Waals surface area contributed by atoms with Crippen LogP contribution in [0.1, 0.15) is 27.2 Å². The predicted molar refractivity (Wildman–Crippen MR) is 57.8 cm³/mol. The van der Waals surface area contributed by atoms with Crippen LogP contribution < -0.4 is 16.9 Å². The van der Waals surface area contributed by atoms with Gasteiger partial charge in [-0.3, -0.25) is 4.84 Å². The maximum Gasteiger partial charge on any atom is 0.221 e. The standard InChI is InChI=1S/C8H19N5O/c1-4-5-14-13-8(10)12-7(9)11-6(2)3/h6H,4-5H2,1-3H3,(H5,9,10,11,12,13). The number of nitrogens with two attached hydrogens (primary N) is 2. The summed E-state index contributed by atoms with van der Waals surface area (Å²) < 4.78 is 0. The van der Waals surface area contributed by atoms with Crippen molar-refractivity contribution in [3.05, 3.63) is 0 Å². The van der Waals surface area contributed by atoms with E-state index in [1.165, 1.54) is 0 Å². The Morgan fingerprint density at radius 3 is 2.57 bits per heavy atom. The van der Waals surface area contributed by atoms with E-state index in [9.17, 15) is 0 Å². The van der Waals surface area contributed by atoms with Crippen molar-refractivity contribution in [2.75, 3.05) is 6.61 Å². The van der Waals surface area contributed by atoms with Crippen molar-refractivity contribution in [3.63, 3.8) is 0 Å². The fraction of sp³-hybridized carbons (Fsp3) is 0.750. The third kappa shape index (κ3) is 7.35. The second kappa shape index (κ2) is 7.14. The van der Waals surface area contributed by atoms with Gasteiger partial charge in [0.05, 0.1) is 6.61 Å². The molecule has 6 heteroatoms. The third-order valence-corrected chi connectivity index (χ3v) is 1.11. The normalized spacial score (nSPS) is 13.4. The van der Waals surface area contributed by atoms with Gasteiger partial charge in [0.25, 0.3) is 0 Å². The Morgan fingerprint density at radius 2 is 2.07 bits per heavy atom. The highest BCUT2D eigenvalue weighted by molar-refractivity contribution is 5.92. The number of aliphatic imine (C=N–C) groups is 2. The van der Waals surface area contributed by atoms with Crippen molar-refractivity contribution in [3.8, 4) is 0 Å². The van der Waals surface area contributed by atoms with Crippen LogP contribution >= 0.6 is 0 Å². The first-order chi connectivity index (χ1) is 6.56. The molecule has 14 heavy (non-hydrogen) atoms. The van der Waals surface area contributed by atoms with E-state index in [1.807, 2.05) is 20.8 Å². The Morgan fingerprint density at radius 1 is 1.43 bits per heavy atom. The highest BCUT2D eigenvalue weighted by Gasteiger charge is 1.94. The summed E-state index contributed by atoms with van der Waals surface area (Å²) in [5, 5.41) is 0. The van der Waals surface area contributed by atoms with Crippen LogP contribution in [-0.4, -0.2) is 24.6 Å². The monoisotopic (exact) mass is 201 g/mol. The summed E-state index contributed by atoms with van der Waals surface area (Å²) in [6, 6.07) is 0.100. The molecule has 6 nitrogen and oxygen atoms in total. The van der Waals surface area contributed by atoms with Gasteiger partial charge in [-0.25, -0.2) is 10.5 Å². The topological polar surface area (TPSA) is 98.0 Å². The Labute approximate surface area is 84.4 Å². The maximum absolute atomic E-state index is 5.47. The van der Waals surface area contributed by atoms with Gasteiger partial charge in [0, 0.05) is 6.04 Å². The minimum Gasteiger partial charge on any atom is -0.368 e. The van der Waals surface area contributed by atoms with Gasteiger partial charge in [-0.1, -0.05) is 6.92 Å². The molecule has 0 bridgehead atoms. The van der Waals surface area contributed by atoms with Crippen LogP contribution in [0.15, 0.2) is 9.98 Å². The molecule has 0 heterocycles. The summed E-state index contributed by atoms with van der Waals surface area (Å²) in [5.74, 6) is 0.255. The van der Waals surface area contributed by atoms with Gasteiger partial charge in [-0.05, 0) is 20.3 Å². The molecule has 0 spiro atoms. The Hall–Kier alpha value is -1.30. The molecule has 0 radical (unpaired) electrons. The minimum atomic E-state index is 0.100. The largest absolute Gasteiger partial charge is 0.368 e. The summed E-state index contributed by atoms with van der Waals surface area (Å²) >= 11 is 0. The average Bonchev–Trinajstić information content (AvgIpc) is 2.02. The van der Waals surface area contributed by atoms with E-state index in [4.69, 9.17) is 16.3 Å². The SMILES string of the molecule is CCCON/C(N)=N/C(N)=NC(C)C. The number of nitrogens with one attached hydrogen (secondary N) is 1. The summed E-state index contributed by atoms with van der Waals surface area (Å²) in [4.78, 5) is 12.7. The molecule has 0 amide bonds. The second-order valence-electron chi connectivity index (χ2n) is 3.03. The van der Waals surface area contributed by atoms with E-state index in [0.717, 1.165) is 6.42 Å². The van der Waals surface area contributed by atoms with Gasteiger partial charge >= 0.3 is 0 Å². The Balaban J connectivity index is 3.96. The van der Waals surface area contributed by atoms with Gasteiger partial charge in [-0.2, -0.15) is 4.99 Å². The first-order valence-corrected chi connectivity index (χ1v) is 4.61. The summed E-state index contributed by atoms with van der Waals surface area (Å²) in [6.07, 6.45) is 0.899. The molecule has 0 fully saturated rings. The fourth-order valence-corrected chi connectivity index (χ4v) is 0.667. The molecule has 0 unspecified atom stereocenters. The van der Waals surface area contributed by atoms with Gasteiger partial charge in [0.1, 0.15) is 0 Å². The summed E-state index contributed by atoms with van der Waals surface area (Å²) in [6.45, 7) is 6.36. The molecule has 82 valence electrons. The van der Waals surface area contributed by atoms with Crippen molar-refractivity contribution in [1.29, 1.82) is 0 Å². The quantitative estimate of drug-likeness (QED) is 0.257. The molecule has 0 aromatic carbocycles. The number of rotatable bonds is 4. The molecule has 0 atom stereocenters. The fourth-order valence-electron chi connectivity index (χ4n) is 0.667. The zero-order chi connectivity index (χ0) is 11.0. The van der Waals surface area contributed by atoms with Crippen molar-refractivity contribution >= 4 is 11.9 Å². The Kier molecular flexibility index (Phi) is 6.47. The van der Waals surface area contributed by atoms with E-state index in [0.29, 0.717) is 6.61 Å². The van der Waals surface area contributed by atoms with E-state index in [-0.39, 0.29) is 18.0 Å². The molecular formula is C8H19N5O. The molecule has 0 aliphatic heterocycles. The van der Waals surface area contributed by atoms with Crippen LogP contribution in [0.2, 0.25) is 0 Å². The summed E-state index contributed by atoms with van der Waals surface area (Å²) in [5.41, 5.74) is 13.4. The molecule has 0 aliphatic carbocycles. The molecule has 5 N–H and O–H groups in total. The number of nitrogens with zero attached hydrogens (tertiary/aromatic N) is 2. The van der Waals surface area contributed by atoms with E-state index in [2.05, 4.69) is 15.5 Å². The second-order valence-corrected chi connectivity index (χ2v) is 3.03. The van der Waals surface area contributed by atoms with E-state index in [1.54, 1.807) is 0 Å². The lowest BCUT2D eigenvalue weighted by atomic mass is 10.4. The lowest BCUT2D eigenvalue weighted by molar-refractivity contribution is 0.0848. The molecule has 0 aromatic rings. The lowest BCUT2D eigenvalue weighted by Gasteiger charge is -2.04.